The highest BCUT2D eigenvalue weighted by Crippen LogP contribution is 2.18. The molecule has 0 aromatic carbocycles. The van der Waals surface area contributed by atoms with Crippen LogP contribution < -0.4 is 0 Å². The van der Waals surface area contributed by atoms with Crippen LogP contribution in [-0.4, -0.2) is 25.4 Å². The van der Waals surface area contributed by atoms with Crippen molar-refractivity contribution in [2.45, 2.75) is 66.6 Å². The molecule has 2 nitrogen and oxygen atoms in total. The van der Waals surface area contributed by atoms with E-state index in [2.05, 4.69) is 41.5 Å². The number of rotatable bonds is 7. The molecule has 0 bridgehead atoms. The van der Waals surface area contributed by atoms with E-state index in [1.165, 1.54) is 0 Å². The quantitative estimate of drug-likeness (QED) is 0.647. The van der Waals surface area contributed by atoms with E-state index < -0.39 is 0 Å². The maximum atomic E-state index is 5.75. The van der Waals surface area contributed by atoms with E-state index in [1.807, 2.05) is 0 Å². The molecule has 0 aliphatic carbocycles. The molecule has 0 aliphatic rings. The standard InChI is InChI=1S/C13H28O2/c1-7-9-14-11(2)12(3)15-10-8-13(4,5)6/h11-12H,7-10H2,1-6H3/t11-,12-/m0/s1. The summed E-state index contributed by atoms with van der Waals surface area (Å²) in [4.78, 5) is 0. The Balaban J connectivity index is 3.59. The minimum atomic E-state index is 0.193. The van der Waals surface area contributed by atoms with Crippen LogP contribution in [0.25, 0.3) is 0 Å². The Morgan fingerprint density at radius 2 is 1.40 bits per heavy atom. The van der Waals surface area contributed by atoms with Crippen LogP contribution in [0.4, 0.5) is 0 Å². The van der Waals surface area contributed by atoms with E-state index in [1.54, 1.807) is 0 Å². The smallest absolute Gasteiger partial charge is 0.0805 e. The molecule has 0 aliphatic heterocycles. The monoisotopic (exact) mass is 216 g/mol. The van der Waals surface area contributed by atoms with Crippen LogP contribution in [0.15, 0.2) is 0 Å². The van der Waals surface area contributed by atoms with E-state index in [-0.39, 0.29) is 12.2 Å². The van der Waals surface area contributed by atoms with Crippen LogP contribution in [0.3, 0.4) is 0 Å². The largest absolute Gasteiger partial charge is 0.376 e. The lowest BCUT2D eigenvalue weighted by Crippen LogP contribution is -2.27. The van der Waals surface area contributed by atoms with Crippen LogP contribution in [0.5, 0.6) is 0 Å². The summed E-state index contributed by atoms with van der Waals surface area (Å²) >= 11 is 0. The van der Waals surface area contributed by atoms with Crippen LogP contribution in [-0.2, 0) is 9.47 Å². The molecule has 0 aromatic rings. The van der Waals surface area contributed by atoms with Gasteiger partial charge in [0.2, 0.25) is 0 Å². The third-order valence-corrected chi connectivity index (χ3v) is 2.48. The van der Waals surface area contributed by atoms with Crippen LogP contribution in [0, 0.1) is 5.41 Å². The first-order valence-corrected chi connectivity index (χ1v) is 6.10. The molecule has 15 heavy (non-hydrogen) atoms. The van der Waals surface area contributed by atoms with Gasteiger partial charge in [-0.2, -0.15) is 0 Å². The van der Waals surface area contributed by atoms with Gasteiger partial charge >= 0.3 is 0 Å². The zero-order valence-electron chi connectivity index (χ0n) is 11.3. The van der Waals surface area contributed by atoms with E-state index in [9.17, 15) is 0 Å². The molecule has 0 radical (unpaired) electrons. The highest BCUT2D eigenvalue weighted by atomic mass is 16.5. The second kappa shape index (κ2) is 7.24. The first kappa shape index (κ1) is 14.9. The molecule has 0 saturated carbocycles. The Morgan fingerprint density at radius 3 is 1.80 bits per heavy atom. The summed E-state index contributed by atoms with van der Waals surface area (Å²) in [5, 5.41) is 0. The molecule has 0 aromatic heterocycles. The molecular formula is C13H28O2. The molecule has 0 heterocycles. The fraction of sp³-hybridized carbons (Fsp3) is 1.00. The summed E-state index contributed by atoms with van der Waals surface area (Å²) in [6.07, 6.45) is 2.56. The molecule has 0 unspecified atom stereocenters. The van der Waals surface area contributed by atoms with Gasteiger partial charge in [-0.15, -0.1) is 0 Å². The van der Waals surface area contributed by atoms with Gasteiger partial charge in [-0.05, 0) is 32.1 Å². The van der Waals surface area contributed by atoms with Crippen LogP contribution >= 0.6 is 0 Å². The Labute approximate surface area is 95.3 Å². The number of ether oxygens (including phenoxy) is 2. The summed E-state index contributed by atoms with van der Waals surface area (Å²) in [5.41, 5.74) is 0.354. The van der Waals surface area contributed by atoms with Gasteiger partial charge in [-0.25, -0.2) is 0 Å². The first-order chi connectivity index (χ1) is 6.87. The minimum Gasteiger partial charge on any atom is -0.376 e. The van der Waals surface area contributed by atoms with Gasteiger partial charge in [0.25, 0.3) is 0 Å². The van der Waals surface area contributed by atoms with Gasteiger partial charge in [-0.3, -0.25) is 0 Å². The average Bonchev–Trinajstić information content (AvgIpc) is 2.11. The zero-order chi connectivity index (χ0) is 11.9. The van der Waals surface area contributed by atoms with Gasteiger partial charge in [0, 0.05) is 13.2 Å². The highest BCUT2D eigenvalue weighted by Gasteiger charge is 2.15. The van der Waals surface area contributed by atoms with Crippen molar-refractivity contribution in [3.8, 4) is 0 Å². The molecule has 0 spiro atoms. The van der Waals surface area contributed by atoms with Gasteiger partial charge in [0.15, 0.2) is 0 Å². The molecule has 0 fully saturated rings. The Morgan fingerprint density at radius 1 is 0.933 bits per heavy atom. The molecule has 0 saturated heterocycles. The molecular weight excluding hydrogens is 188 g/mol. The summed E-state index contributed by atoms with van der Waals surface area (Å²) in [7, 11) is 0. The Hall–Kier alpha value is -0.0800. The predicted octanol–water partition coefficient (Wildman–Crippen LogP) is 3.64. The van der Waals surface area contributed by atoms with Crippen molar-refractivity contribution in [1.29, 1.82) is 0 Å². The van der Waals surface area contributed by atoms with E-state index in [4.69, 9.17) is 9.47 Å². The molecule has 0 amide bonds. The number of hydrogen-bond acceptors (Lipinski definition) is 2. The summed E-state index contributed by atoms with van der Waals surface area (Å²) in [6.45, 7) is 14.6. The van der Waals surface area contributed by atoms with Crippen molar-refractivity contribution in [1.82, 2.24) is 0 Å². The van der Waals surface area contributed by atoms with Crippen molar-refractivity contribution in [3.63, 3.8) is 0 Å². The summed E-state index contributed by atoms with van der Waals surface area (Å²) < 4.78 is 11.4. The lowest BCUT2D eigenvalue weighted by atomic mass is 9.93. The van der Waals surface area contributed by atoms with Crippen LogP contribution in [0.2, 0.25) is 0 Å². The van der Waals surface area contributed by atoms with Gasteiger partial charge in [-0.1, -0.05) is 27.7 Å². The fourth-order valence-electron chi connectivity index (χ4n) is 1.13. The molecule has 2 heteroatoms. The lowest BCUT2D eigenvalue weighted by Gasteiger charge is -2.23. The minimum absolute atomic E-state index is 0.193. The van der Waals surface area contributed by atoms with Gasteiger partial charge < -0.3 is 9.47 Å². The van der Waals surface area contributed by atoms with Gasteiger partial charge in [0.1, 0.15) is 0 Å². The maximum absolute atomic E-state index is 5.75. The van der Waals surface area contributed by atoms with Crippen molar-refractivity contribution >= 4 is 0 Å². The van der Waals surface area contributed by atoms with Crippen molar-refractivity contribution in [2.24, 2.45) is 5.41 Å². The van der Waals surface area contributed by atoms with Gasteiger partial charge in [0.05, 0.1) is 12.2 Å². The summed E-state index contributed by atoms with van der Waals surface area (Å²) in [6, 6.07) is 0. The average molecular weight is 216 g/mol. The highest BCUT2D eigenvalue weighted by molar-refractivity contribution is 4.63. The lowest BCUT2D eigenvalue weighted by molar-refractivity contribution is -0.0606. The summed E-state index contributed by atoms with van der Waals surface area (Å²) in [5.74, 6) is 0. The second-order valence-corrected chi connectivity index (χ2v) is 5.46. The zero-order valence-corrected chi connectivity index (χ0v) is 11.3. The predicted molar refractivity (Wildman–Crippen MR) is 65.2 cm³/mol. The van der Waals surface area contributed by atoms with Crippen molar-refractivity contribution < 1.29 is 9.47 Å². The van der Waals surface area contributed by atoms with Crippen molar-refractivity contribution in [3.05, 3.63) is 0 Å². The van der Waals surface area contributed by atoms with E-state index in [0.29, 0.717) is 5.41 Å². The topological polar surface area (TPSA) is 18.5 Å². The van der Waals surface area contributed by atoms with Crippen LogP contribution in [0.1, 0.15) is 54.4 Å². The third kappa shape index (κ3) is 8.88. The second-order valence-electron chi connectivity index (χ2n) is 5.46. The molecule has 92 valence electrons. The SMILES string of the molecule is CCCO[C@@H](C)[C@H](C)OCCC(C)(C)C. The van der Waals surface area contributed by atoms with Crippen molar-refractivity contribution in [2.75, 3.05) is 13.2 Å². The third-order valence-electron chi connectivity index (χ3n) is 2.48. The number of hydrogen-bond donors (Lipinski definition) is 0. The van der Waals surface area contributed by atoms with E-state index >= 15 is 0 Å². The Kier molecular flexibility index (Phi) is 7.20. The normalized spacial score (nSPS) is 16.4. The molecule has 0 N–H and O–H groups in total. The first-order valence-electron chi connectivity index (χ1n) is 6.10. The molecule has 2 atom stereocenters. The maximum Gasteiger partial charge on any atom is 0.0805 e. The Bertz CT molecular complexity index is 149. The molecule has 0 rings (SSSR count). The van der Waals surface area contributed by atoms with E-state index in [0.717, 1.165) is 26.1 Å². The fourth-order valence-corrected chi connectivity index (χ4v) is 1.13.